The molecule has 0 fully saturated rings. The van der Waals surface area contributed by atoms with E-state index in [1.807, 2.05) is 0 Å². The number of hydrogen-bond acceptors (Lipinski definition) is 4. The van der Waals surface area contributed by atoms with Crippen LogP contribution < -0.4 is 20.1 Å². The number of methoxy groups -OCH3 is 1. The molecule has 0 aliphatic rings. The van der Waals surface area contributed by atoms with Crippen LogP contribution in [0.2, 0.25) is 10.0 Å². The molecule has 0 radical (unpaired) electrons. The Morgan fingerprint density at radius 2 is 1.57 bits per heavy atom. The van der Waals surface area contributed by atoms with Crippen LogP contribution in [0.25, 0.3) is 0 Å². The van der Waals surface area contributed by atoms with Crippen molar-refractivity contribution in [1.82, 2.24) is 0 Å². The Morgan fingerprint density at radius 1 is 0.900 bits per heavy atom. The lowest BCUT2D eigenvalue weighted by Gasteiger charge is -2.14. The van der Waals surface area contributed by atoms with Crippen LogP contribution in [-0.4, -0.2) is 20.6 Å². The van der Waals surface area contributed by atoms with Gasteiger partial charge < -0.3 is 15.4 Å². The smallest absolute Gasteiger partial charge is 0.262 e. The molecule has 0 aliphatic heterocycles. The molecule has 0 saturated carbocycles. The summed E-state index contributed by atoms with van der Waals surface area (Å²) in [7, 11) is -2.32. The fourth-order valence-corrected chi connectivity index (χ4v) is 4.18. The molecule has 10 heteroatoms. The number of para-hydroxylation sites is 2. The van der Waals surface area contributed by atoms with Gasteiger partial charge in [-0.15, -0.1) is 0 Å². The van der Waals surface area contributed by atoms with E-state index in [1.54, 1.807) is 54.6 Å². The van der Waals surface area contributed by atoms with Gasteiger partial charge >= 0.3 is 0 Å². The van der Waals surface area contributed by atoms with E-state index < -0.39 is 10.0 Å². The summed E-state index contributed by atoms with van der Waals surface area (Å²) in [6.07, 6.45) is 0. The third-order valence-corrected chi connectivity index (χ3v) is 6.38. The van der Waals surface area contributed by atoms with E-state index in [9.17, 15) is 8.42 Å². The average Bonchev–Trinajstić information content (AvgIpc) is 2.72. The van der Waals surface area contributed by atoms with Gasteiger partial charge in [0.05, 0.1) is 33.4 Å². The molecule has 0 aromatic heterocycles. The maximum absolute atomic E-state index is 12.7. The number of hydrogen-bond donors (Lipinski definition) is 3. The standard InChI is InChI=1S/C20H17Cl2N3O3S2/c1-28-18-8-3-2-6-16(18)25-30(26,27)14-11-9-13(10-12-14)23-20(29)24-17-7-4-5-15(21)19(17)22/h2-12,25H,1H3,(H2,23,24,29). The van der Waals surface area contributed by atoms with Gasteiger partial charge in [0.25, 0.3) is 10.0 Å². The van der Waals surface area contributed by atoms with Crippen LogP contribution in [0.15, 0.2) is 71.6 Å². The minimum absolute atomic E-state index is 0.0933. The normalized spacial score (nSPS) is 10.9. The highest BCUT2D eigenvalue weighted by Gasteiger charge is 2.16. The molecule has 0 amide bonds. The number of anilines is 3. The number of sulfonamides is 1. The number of thiocarbonyl (C=S) groups is 1. The minimum atomic E-state index is -3.79. The van der Waals surface area contributed by atoms with E-state index in [0.717, 1.165) is 0 Å². The van der Waals surface area contributed by atoms with Crippen LogP contribution >= 0.6 is 35.4 Å². The van der Waals surface area contributed by atoms with Crippen LogP contribution in [0.3, 0.4) is 0 Å². The van der Waals surface area contributed by atoms with Crippen molar-refractivity contribution < 1.29 is 13.2 Å². The van der Waals surface area contributed by atoms with Gasteiger partial charge in [-0.3, -0.25) is 4.72 Å². The first-order valence-electron chi connectivity index (χ1n) is 8.58. The predicted molar refractivity (Wildman–Crippen MR) is 127 cm³/mol. The number of halogens is 2. The first kappa shape index (κ1) is 22.2. The van der Waals surface area contributed by atoms with Gasteiger partial charge in [0.2, 0.25) is 0 Å². The monoisotopic (exact) mass is 481 g/mol. The molecule has 0 atom stereocenters. The van der Waals surface area contributed by atoms with Crippen molar-refractivity contribution in [2.24, 2.45) is 0 Å². The van der Waals surface area contributed by atoms with Crippen molar-refractivity contribution >= 4 is 67.6 Å². The first-order valence-corrected chi connectivity index (χ1v) is 11.2. The highest BCUT2D eigenvalue weighted by molar-refractivity contribution is 7.92. The summed E-state index contributed by atoms with van der Waals surface area (Å²) in [5.41, 5.74) is 1.51. The van der Waals surface area contributed by atoms with Crippen molar-refractivity contribution in [3.63, 3.8) is 0 Å². The largest absolute Gasteiger partial charge is 0.495 e. The van der Waals surface area contributed by atoms with Crippen LogP contribution in [0, 0.1) is 0 Å². The van der Waals surface area contributed by atoms with Crippen molar-refractivity contribution in [2.75, 3.05) is 22.5 Å². The Hall–Kier alpha value is -2.52. The second-order valence-corrected chi connectivity index (χ2v) is 8.89. The molecule has 0 aliphatic carbocycles. The van der Waals surface area contributed by atoms with Crippen LogP contribution in [0.5, 0.6) is 5.75 Å². The number of rotatable bonds is 6. The molecule has 156 valence electrons. The van der Waals surface area contributed by atoms with Crippen molar-refractivity contribution in [3.8, 4) is 5.75 Å². The first-order chi connectivity index (χ1) is 14.3. The Balaban J connectivity index is 1.69. The van der Waals surface area contributed by atoms with Crippen molar-refractivity contribution in [1.29, 1.82) is 0 Å². The fraction of sp³-hybridized carbons (Fsp3) is 0.0500. The fourth-order valence-electron chi connectivity index (χ4n) is 2.54. The zero-order chi connectivity index (χ0) is 21.7. The molecule has 3 aromatic rings. The molecule has 3 rings (SSSR count). The van der Waals surface area contributed by atoms with Crippen LogP contribution in [-0.2, 0) is 10.0 Å². The number of nitrogens with one attached hydrogen (secondary N) is 3. The zero-order valence-electron chi connectivity index (χ0n) is 15.6. The van der Waals surface area contributed by atoms with E-state index in [-0.39, 0.29) is 10.0 Å². The number of ether oxygens (including phenoxy) is 1. The Kier molecular flexibility index (Phi) is 7.04. The lowest BCUT2D eigenvalue weighted by atomic mass is 10.3. The van der Waals surface area contributed by atoms with E-state index in [1.165, 1.54) is 19.2 Å². The molecule has 3 aromatic carbocycles. The summed E-state index contributed by atoms with van der Waals surface area (Å²) in [4.78, 5) is 0.0933. The van der Waals surface area contributed by atoms with E-state index in [2.05, 4.69) is 15.4 Å². The Morgan fingerprint density at radius 3 is 2.27 bits per heavy atom. The summed E-state index contributed by atoms with van der Waals surface area (Å²) in [5, 5.41) is 6.95. The topological polar surface area (TPSA) is 79.5 Å². The lowest BCUT2D eigenvalue weighted by molar-refractivity contribution is 0.417. The van der Waals surface area contributed by atoms with Crippen LogP contribution in [0.4, 0.5) is 17.1 Å². The summed E-state index contributed by atoms with van der Waals surface area (Å²) < 4.78 is 33.0. The van der Waals surface area contributed by atoms with Gasteiger partial charge in [0, 0.05) is 5.69 Å². The van der Waals surface area contributed by atoms with Gasteiger partial charge in [0.1, 0.15) is 5.75 Å². The molecule has 0 heterocycles. The SMILES string of the molecule is COc1ccccc1NS(=O)(=O)c1ccc(NC(=S)Nc2cccc(Cl)c2Cl)cc1. The van der Waals surface area contributed by atoms with Crippen molar-refractivity contribution in [2.45, 2.75) is 4.90 Å². The highest BCUT2D eigenvalue weighted by atomic mass is 35.5. The van der Waals surface area contributed by atoms with Gasteiger partial charge in [-0.05, 0) is 60.7 Å². The van der Waals surface area contributed by atoms with Crippen LogP contribution in [0.1, 0.15) is 0 Å². The second-order valence-electron chi connectivity index (χ2n) is 6.01. The van der Waals surface area contributed by atoms with Gasteiger partial charge in [-0.1, -0.05) is 41.4 Å². The quantitative estimate of drug-likeness (QED) is 0.397. The molecule has 0 unspecified atom stereocenters. The summed E-state index contributed by atoms with van der Waals surface area (Å²) >= 11 is 17.4. The second kappa shape index (κ2) is 9.53. The van der Waals surface area contributed by atoms with E-state index >= 15 is 0 Å². The Bertz CT molecular complexity index is 1170. The molecule has 0 saturated heterocycles. The van der Waals surface area contributed by atoms with Gasteiger partial charge in [0.15, 0.2) is 5.11 Å². The van der Waals surface area contributed by atoms with E-state index in [0.29, 0.717) is 32.9 Å². The molecule has 0 spiro atoms. The Labute approximate surface area is 190 Å². The van der Waals surface area contributed by atoms with Gasteiger partial charge in [-0.2, -0.15) is 0 Å². The minimum Gasteiger partial charge on any atom is -0.495 e. The molecular formula is C20H17Cl2N3O3S2. The summed E-state index contributed by atoms with van der Waals surface area (Å²) in [5.74, 6) is 0.426. The predicted octanol–water partition coefficient (Wildman–Crippen LogP) is 5.61. The molecular weight excluding hydrogens is 465 g/mol. The maximum Gasteiger partial charge on any atom is 0.262 e. The molecule has 3 N–H and O–H groups in total. The third kappa shape index (κ3) is 5.34. The molecule has 0 bridgehead atoms. The molecule has 30 heavy (non-hydrogen) atoms. The average molecular weight is 482 g/mol. The molecule has 6 nitrogen and oxygen atoms in total. The zero-order valence-corrected chi connectivity index (χ0v) is 18.8. The van der Waals surface area contributed by atoms with E-state index in [4.69, 9.17) is 40.2 Å². The lowest BCUT2D eigenvalue weighted by Crippen LogP contribution is -2.19. The maximum atomic E-state index is 12.7. The summed E-state index contributed by atoms with van der Waals surface area (Å²) in [6, 6.07) is 18.1. The number of benzene rings is 3. The highest BCUT2D eigenvalue weighted by Crippen LogP contribution is 2.30. The summed E-state index contributed by atoms with van der Waals surface area (Å²) in [6.45, 7) is 0. The van der Waals surface area contributed by atoms with Crippen molar-refractivity contribution in [3.05, 3.63) is 76.8 Å². The van der Waals surface area contributed by atoms with Gasteiger partial charge in [-0.25, -0.2) is 8.42 Å². The third-order valence-electron chi connectivity index (χ3n) is 3.97.